The SMILES string of the molecule is COc1ncccc1C(=O)Nc1ccc(Nc2cc(N3CCCC3)cnn2)cc1. The van der Waals surface area contributed by atoms with Crippen LogP contribution in [0.25, 0.3) is 0 Å². The number of methoxy groups -OCH3 is 1. The molecule has 1 fully saturated rings. The number of nitrogens with zero attached hydrogens (tertiary/aromatic N) is 4. The van der Waals surface area contributed by atoms with Crippen molar-refractivity contribution in [2.24, 2.45) is 0 Å². The van der Waals surface area contributed by atoms with Crippen LogP contribution in [-0.2, 0) is 0 Å². The van der Waals surface area contributed by atoms with E-state index in [-0.39, 0.29) is 5.91 Å². The van der Waals surface area contributed by atoms with Gasteiger partial charge in [0.05, 0.1) is 19.0 Å². The van der Waals surface area contributed by atoms with Gasteiger partial charge in [0.25, 0.3) is 5.91 Å². The second kappa shape index (κ2) is 8.55. The minimum Gasteiger partial charge on any atom is -0.480 e. The molecule has 0 atom stereocenters. The fraction of sp³-hybridized carbons (Fsp3) is 0.238. The number of pyridine rings is 1. The Balaban J connectivity index is 1.42. The standard InChI is InChI=1S/C21H22N6O2/c1-29-21-18(5-4-10-22-21)20(28)25-16-8-6-15(7-9-16)24-19-13-17(14-23-26-19)27-11-2-3-12-27/h4-10,13-14H,2-3,11-12H2,1H3,(H,24,26)(H,25,28). The summed E-state index contributed by atoms with van der Waals surface area (Å²) in [7, 11) is 1.49. The number of ether oxygens (including phenoxy) is 1. The topological polar surface area (TPSA) is 92.3 Å². The van der Waals surface area contributed by atoms with Gasteiger partial charge in [-0.2, -0.15) is 5.10 Å². The van der Waals surface area contributed by atoms with Gasteiger partial charge >= 0.3 is 0 Å². The van der Waals surface area contributed by atoms with Crippen LogP contribution in [0.1, 0.15) is 23.2 Å². The van der Waals surface area contributed by atoms with E-state index in [9.17, 15) is 4.79 Å². The number of rotatable bonds is 6. The van der Waals surface area contributed by atoms with Crippen LogP contribution in [-0.4, -0.2) is 41.3 Å². The van der Waals surface area contributed by atoms with Crippen molar-refractivity contribution < 1.29 is 9.53 Å². The highest BCUT2D eigenvalue weighted by Crippen LogP contribution is 2.24. The van der Waals surface area contributed by atoms with Crippen molar-refractivity contribution >= 4 is 28.8 Å². The first-order chi connectivity index (χ1) is 14.2. The third-order valence-electron chi connectivity index (χ3n) is 4.74. The van der Waals surface area contributed by atoms with E-state index >= 15 is 0 Å². The zero-order valence-corrected chi connectivity index (χ0v) is 16.1. The molecule has 0 spiro atoms. The molecular weight excluding hydrogens is 368 g/mol. The predicted octanol–water partition coefficient (Wildman–Crippen LogP) is 3.48. The quantitative estimate of drug-likeness (QED) is 0.666. The average Bonchev–Trinajstić information content (AvgIpc) is 3.30. The van der Waals surface area contributed by atoms with Gasteiger partial charge in [0, 0.05) is 36.7 Å². The molecule has 0 unspecified atom stereocenters. The lowest BCUT2D eigenvalue weighted by atomic mass is 10.2. The van der Waals surface area contributed by atoms with Crippen molar-refractivity contribution in [3.8, 4) is 5.88 Å². The number of anilines is 4. The molecule has 8 nitrogen and oxygen atoms in total. The molecule has 0 aliphatic carbocycles. The first kappa shape index (κ1) is 18.7. The second-order valence-electron chi connectivity index (χ2n) is 6.71. The molecule has 3 aromatic rings. The molecule has 8 heteroatoms. The third kappa shape index (κ3) is 4.43. The van der Waals surface area contributed by atoms with Crippen LogP contribution in [0.5, 0.6) is 5.88 Å². The van der Waals surface area contributed by atoms with Gasteiger partial charge < -0.3 is 20.3 Å². The van der Waals surface area contributed by atoms with Crippen molar-refractivity contribution in [3.05, 3.63) is 60.4 Å². The lowest BCUT2D eigenvalue weighted by Gasteiger charge is -2.17. The fourth-order valence-corrected chi connectivity index (χ4v) is 3.28. The van der Waals surface area contributed by atoms with Gasteiger partial charge in [-0.15, -0.1) is 5.10 Å². The molecule has 1 aromatic carbocycles. The van der Waals surface area contributed by atoms with Gasteiger partial charge in [-0.25, -0.2) is 4.98 Å². The zero-order chi connectivity index (χ0) is 20.1. The van der Waals surface area contributed by atoms with E-state index in [4.69, 9.17) is 4.74 Å². The molecule has 0 saturated carbocycles. The van der Waals surface area contributed by atoms with Crippen molar-refractivity contribution in [2.75, 3.05) is 35.7 Å². The molecule has 3 heterocycles. The highest BCUT2D eigenvalue weighted by Gasteiger charge is 2.14. The Bertz CT molecular complexity index is 986. The first-order valence-corrected chi connectivity index (χ1v) is 9.48. The number of hydrogen-bond acceptors (Lipinski definition) is 7. The highest BCUT2D eigenvalue weighted by molar-refractivity contribution is 6.05. The molecule has 1 aliphatic rings. The Kier molecular flexibility index (Phi) is 5.51. The Morgan fingerprint density at radius 2 is 1.86 bits per heavy atom. The maximum absolute atomic E-state index is 12.5. The number of nitrogens with one attached hydrogen (secondary N) is 2. The minimum absolute atomic E-state index is 0.278. The van der Waals surface area contributed by atoms with Crippen LogP contribution in [0.4, 0.5) is 22.9 Å². The molecule has 148 valence electrons. The summed E-state index contributed by atoms with van der Waals surface area (Å²) in [5, 5.41) is 14.4. The summed E-state index contributed by atoms with van der Waals surface area (Å²) in [5.74, 6) is 0.700. The van der Waals surface area contributed by atoms with E-state index in [2.05, 4.69) is 30.7 Å². The lowest BCUT2D eigenvalue weighted by molar-refractivity contribution is 0.102. The molecule has 4 rings (SSSR count). The van der Waals surface area contributed by atoms with Gasteiger partial charge in [0.15, 0.2) is 5.82 Å². The van der Waals surface area contributed by atoms with Crippen LogP contribution >= 0.6 is 0 Å². The smallest absolute Gasteiger partial charge is 0.261 e. The van der Waals surface area contributed by atoms with Crippen molar-refractivity contribution in [3.63, 3.8) is 0 Å². The van der Waals surface area contributed by atoms with Crippen LogP contribution < -0.4 is 20.3 Å². The predicted molar refractivity (Wildman–Crippen MR) is 112 cm³/mol. The Morgan fingerprint density at radius 3 is 2.62 bits per heavy atom. The van der Waals surface area contributed by atoms with Crippen LogP contribution in [0.3, 0.4) is 0 Å². The summed E-state index contributed by atoms with van der Waals surface area (Å²) in [4.78, 5) is 18.8. The van der Waals surface area contributed by atoms with Gasteiger partial charge in [0.2, 0.25) is 5.88 Å². The summed E-state index contributed by atoms with van der Waals surface area (Å²) in [6, 6.07) is 12.8. The average molecular weight is 390 g/mol. The number of hydrogen-bond donors (Lipinski definition) is 2. The van der Waals surface area contributed by atoms with E-state index in [1.165, 1.54) is 20.0 Å². The largest absolute Gasteiger partial charge is 0.480 e. The summed E-state index contributed by atoms with van der Waals surface area (Å²) >= 11 is 0. The van der Waals surface area contributed by atoms with Crippen LogP contribution in [0.2, 0.25) is 0 Å². The van der Waals surface area contributed by atoms with E-state index in [1.54, 1.807) is 24.5 Å². The van der Waals surface area contributed by atoms with Crippen molar-refractivity contribution in [1.29, 1.82) is 0 Å². The number of carbonyl (C=O) groups excluding carboxylic acids is 1. The van der Waals surface area contributed by atoms with Crippen LogP contribution in [0.15, 0.2) is 54.9 Å². The maximum atomic E-state index is 12.5. The fourth-order valence-electron chi connectivity index (χ4n) is 3.28. The second-order valence-corrected chi connectivity index (χ2v) is 6.71. The number of aromatic nitrogens is 3. The molecule has 0 radical (unpaired) electrons. The number of amides is 1. The lowest BCUT2D eigenvalue weighted by Crippen LogP contribution is -2.18. The Labute approximate surface area is 168 Å². The van der Waals surface area contributed by atoms with Gasteiger partial charge in [0.1, 0.15) is 5.56 Å². The van der Waals surface area contributed by atoms with Gasteiger partial charge in [-0.3, -0.25) is 4.79 Å². The summed E-state index contributed by atoms with van der Waals surface area (Å²) in [6.07, 6.45) is 5.80. The Hall–Kier alpha value is -3.68. The normalized spacial score (nSPS) is 13.2. The molecular formula is C21H22N6O2. The first-order valence-electron chi connectivity index (χ1n) is 9.48. The molecule has 2 N–H and O–H groups in total. The number of carbonyl (C=O) groups is 1. The molecule has 29 heavy (non-hydrogen) atoms. The monoisotopic (exact) mass is 390 g/mol. The van der Waals surface area contributed by atoms with Crippen molar-refractivity contribution in [1.82, 2.24) is 15.2 Å². The van der Waals surface area contributed by atoms with E-state index in [0.29, 0.717) is 22.9 Å². The van der Waals surface area contributed by atoms with E-state index in [1.807, 2.05) is 30.3 Å². The Morgan fingerprint density at radius 1 is 1.10 bits per heavy atom. The van der Waals surface area contributed by atoms with E-state index in [0.717, 1.165) is 24.5 Å². The van der Waals surface area contributed by atoms with Gasteiger partial charge in [-0.05, 0) is 49.2 Å². The molecule has 1 saturated heterocycles. The van der Waals surface area contributed by atoms with Crippen molar-refractivity contribution in [2.45, 2.75) is 12.8 Å². The van der Waals surface area contributed by atoms with Crippen LogP contribution in [0, 0.1) is 0 Å². The third-order valence-corrected chi connectivity index (χ3v) is 4.74. The molecule has 1 aliphatic heterocycles. The zero-order valence-electron chi connectivity index (χ0n) is 16.1. The summed E-state index contributed by atoms with van der Waals surface area (Å²) in [5.41, 5.74) is 2.98. The van der Waals surface area contributed by atoms with Gasteiger partial charge in [-0.1, -0.05) is 0 Å². The molecule has 1 amide bonds. The van der Waals surface area contributed by atoms with E-state index < -0.39 is 0 Å². The molecule has 0 bridgehead atoms. The summed E-state index contributed by atoms with van der Waals surface area (Å²) in [6.45, 7) is 2.11. The minimum atomic E-state index is -0.278. The number of benzene rings is 1. The highest BCUT2D eigenvalue weighted by atomic mass is 16.5. The maximum Gasteiger partial charge on any atom is 0.261 e. The summed E-state index contributed by atoms with van der Waals surface area (Å²) < 4.78 is 5.14. The molecule has 2 aromatic heterocycles.